The summed E-state index contributed by atoms with van der Waals surface area (Å²) in [6.45, 7) is 0.947. The second-order valence-electron chi connectivity index (χ2n) is 3.98. The summed E-state index contributed by atoms with van der Waals surface area (Å²) in [5.41, 5.74) is 2.47. The second-order valence-corrected chi connectivity index (χ2v) is 3.98. The van der Waals surface area contributed by atoms with Gasteiger partial charge in [-0.2, -0.15) is 0 Å². The van der Waals surface area contributed by atoms with Crippen molar-refractivity contribution in [3.8, 4) is 0 Å². The Balaban J connectivity index is 1.93. The van der Waals surface area contributed by atoms with Crippen molar-refractivity contribution < 1.29 is 4.74 Å². The molecule has 0 amide bonds. The Hall–Kier alpha value is -1.41. The molecule has 76 valence electrons. The van der Waals surface area contributed by atoms with Crippen molar-refractivity contribution in [3.63, 3.8) is 0 Å². The monoisotopic (exact) mass is 199 g/mol. The summed E-state index contributed by atoms with van der Waals surface area (Å²) in [6, 6.07) is 10.4. The zero-order valence-corrected chi connectivity index (χ0v) is 8.52. The van der Waals surface area contributed by atoms with E-state index in [2.05, 4.69) is 29.2 Å². The summed E-state index contributed by atoms with van der Waals surface area (Å²) < 4.78 is 5.23. The minimum absolute atomic E-state index is 0.511. The molecule has 1 unspecified atom stereocenters. The van der Waals surface area contributed by atoms with Crippen LogP contribution in [0.5, 0.6) is 0 Å². The van der Waals surface area contributed by atoms with Gasteiger partial charge in [0.15, 0.2) is 0 Å². The number of pyridine rings is 1. The van der Waals surface area contributed by atoms with Gasteiger partial charge in [-0.1, -0.05) is 18.2 Å². The predicted molar refractivity (Wildman–Crippen MR) is 59.8 cm³/mol. The van der Waals surface area contributed by atoms with Crippen LogP contribution >= 0.6 is 0 Å². The third kappa shape index (κ3) is 1.85. The molecule has 1 aromatic heterocycles. The molecule has 15 heavy (non-hydrogen) atoms. The summed E-state index contributed by atoms with van der Waals surface area (Å²) in [4.78, 5) is 4.35. The zero-order valence-electron chi connectivity index (χ0n) is 8.52. The standard InChI is InChI=1S/C13H13NO/c1-2-4-13-12(3-1)10(7-8-14-13)5-6-11-9-15-11/h1-4,7-8,11H,5-6,9H2. The van der Waals surface area contributed by atoms with Gasteiger partial charge in [-0.25, -0.2) is 0 Å². The maximum atomic E-state index is 5.23. The lowest BCUT2D eigenvalue weighted by Gasteiger charge is -2.04. The largest absolute Gasteiger partial charge is 0.373 e. The van der Waals surface area contributed by atoms with E-state index in [0.29, 0.717) is 6.10 Å². The van der Waals surface area contributed by atoms with Crippen molar-refractivity contribution >= 4 is 10.9 Å². The van der Waals surface area contributed by atoms with E-state index < -0.39 is 0 Å². The Bertz CT molecular complexity index is 471. The van der Waals surface area contributed by atoms with Crippen molar-refractivity contribution in [2.75, 3.05) is 6.61 Å². The number of epoxide rings is 1. The molecule has 0 bridgehead atoms. The highest BCUT2D eigenvalue weighted by Gasteiger charge is 2.21. The van der Waals surface area contributed by atoms with Gasteiger partial charge in [0.05, 0.1) is 18.2 Å². The number of hydrogen-bond donors (Lipinski definition) is 0. The van der Waals surface area contributed by atoms with Gasteiger partial charge in [0.2, 0.25) is 0 Å². The number of aryl methyl sites for hydroxylation is 1. The highest BCUT2D eigenvalue weighted by molar-refractivity contribution is 5.81. The Morgan fingerprint density at radius 1 is 1.27 bits per heavy atom. The normalized spacial score (nSPS) is 19.3. The van der Waals surface area contributed by atoms with Crippen molar-refractivity contribution in [2.24, 2.45) is 0 Å². The highest BCUT2D eigenvalue weighted by atomic mass is 16.6. The molecule has 1 saturated heterocycles. The molecule has 0 radical (unpaired) electrons. The Morgan fingerprint density at radius 2 is 2.13 bits per heavy atom. The van der Waals surface area contributed by atoms with E-state index in [1.54, 1.807) is 0 Å². The molecular weight excluding hydrogens is 186 g/mol. The van der Waals surface area contributed by atoms with E-state index in [9.17, 15) is 0 Å². The Labute approximate surface area is 88.9 Å². The molecule has 1 aliphatic rings. The van der Waals surface area contributed by atoms with E-state index in [1.807, 2.05) is 12.3 Å². The molecular formula is C13H13NO. The lowest BCUT2D eigenvalue weighted by Crippen LogP contribution is -1.93. The molecule has 0 saturated carbocycles. The number of ether oxygens (including phenoxy) is 1. The van der Waals surface area contributed by atoms with Gasteiger partial charge in [0, 0.05) is 11.6 Å². The minimum atomic E-state index is 0.511. The Kier molecular flexibility index (Phi) is 2.14. The summed E-state index contributed by atoms with van der Waals surface area (Å²) in [5, 5.41) is 1.28. The van der Waals surface area contributed by atoms with Crippen LogP contribution in [0.3, 0.4) is 0 Å². The maximum absolute atomic E-state index is 5.23. The summed E-state index contributed by atoms with van der Waals surface area (Å²) >= 11 is 0. The number of aromatic nitrogens is 1. The third-order valence-electron chi connectivity index (χ3n) is 2.88. The van der Waals surface area contributed by atoms with Crippen LogP contribution in [-0.4, -0.2) is 17.7 Å². The average Bonchev–Trinajstić information content (AvgIpc) is 3.10. The second kappa shape index (κ2) is 3.63. The van der Waals surface area contributed by atoms with Crippen molar-refractivity contribution in [1.82, 2.24) is 4.98 Å². The van der Waals surface area contributed by atoms with Crippen molar-refractivity contribution in [3.05, 3.63) is 42.1 Å². The number of nitrogens with zero attached hydrogens (tertiary/aromatic N) is 1. The van der Waals surface area contributed by atoms with Gasteiger partial charge in [-0.05, 0) is 30.5 Å². The van der Waals surface area contributed by atoms with Gasteiger partial charge < -0.3 is 4.74 Å². The fourth-order valence-electron chi connectivity index (χ4n) is 1.92. The van der Waals surface area contributed by atoms with Crippen LogP contribution < -0.4 is 0 Å². The SMILES string of the molecule is c1ccc2c(CCC3CO3)ccnc2c1. The Morgan fingerprint density at radius 3 is 3.00 bits per heavy atom. The van der Waals surface area contributed by atoms with Crippen LogP contribution in [0.1, 0.15) is 12.0 Å². The highest BCUT2D eigenvalue weighted by Crippen LogP contribution is 2.21. The number of para-hydroxylation sites is 1. The summed E-state index contributed by atoms with van der Waals surface area (Å²) in [7, 11) is 0. The zero-order chi connectivity index (χ0) is 10.1. The predicted octanol–water partition coefficient (Wildman–Crippen LogP) is 2.57. The van der Waals surface area contributed by atoms with Gasteiger partial charge in [0.1, 0.15) is 0 Å². The number of hydrogen-bond acceptors (Lipinski definition) is 2. The van der Waals surface area contributed by atoms with Gasteiger partial charge in [0.25, 0.3) is 0 Å². The molecule has 0 spiro atoms. The minimum Gasteiger partial charge on any atom is -0.373 e. The van der Waals surface area contributed by atoms with E-state index >= 15 is 0 Å². The van der Waals surface area contributed by atoms with E-state index in [1.165, 1.54) is 10.9 Å². The summed E-state index contributed by atoms with van der Waals surface area (Å²) in [6.07, 6.45) is 4.63. The van der Waals surface area contributed by atoms with Gasteiger partial charge in [-0.3, -0.25) is 4.98 Å². The van der Waals surface area contributed by atoms with Crippen LogP contribution in [0.25, 0.3) is 10.9 Å². The molecule has 2 aromatic rings. The molecule has 0 aliphatic carbocycles. The number of rotatable bonds is 3. The third-order valence-corrected chi connectivity index (χ3v) is 2.88. The molecule has 2 heteroatoms. The lowest BCUT2D eigenvalue weighted by molar-refractivity contribution is 0.397. The van der Waals surface area contributed by atoms with Gasteiger partial charge in [-0.15, -0.1) is 0 Å². The molecule has 1 atom stereocenters. The van der Waals surface area contributed by atoms with Crippen molar-refractivity contribution in [1.29, 1.82) is 0 Å². The van der Waals surface area contributed by atoms with Crippen molar-refractivity contribution in [2.45, 2.75) is 18.9 Å². The fourth-order valence-corrected chi connectivity index (χ4v) is 1.92. The molecule has 3 rings (SSSR count). The first-order valence-corrected chi connectivity index (χ1v) is 5.38. The van der Waals surface area contributed by atoms with E-state index in [-0.39, 0.29) is 0 Å². The van der Waals surface area contributed by atoms with Crippen LogP contribution in [-0.2, 0) is 11.2 Å². The average molecular weight is 199 g/mol. The van der Waals surface area contributed by atoms with E-state index in [4.69, 9.17) is 4.74 Å². The molecule has 1 fully saturated rings. The van der Waals surface area contributed by atoms with Crippen LogP contribution in [0.4, 0.5) is 0 Å². The summed E-state index contributed by atoms with van der Waals surface area (Å²) in [5.74, 6) is 0. The molecule has 1 aliphatic heterocycles. The first-order chi connectivity index (χ1) is 7.43. The topological polar surface area (TPSA) is 25.4 Å². The first kappa shape index (κ1) is 8.86. The van der Waals surface area contributed by atoms with Gasteiger partial charge >= 0.3 is 0 Å². The molecule has 2 nitrogen and oxygen atoms in total. The maximum Gasteiger partial charge on any atom is 0.0813 e. The molecule has 2 heterocycles. The first-order valence-electron chi connectivity index (χ1n) is 5.38. The number of fused-ring (bicyclic) bond motifs is 1. The molecule has 0 N–H and O–H groups in total. The van der Waals surface area contributed by atoms with Crippen LogP contribution in [0, 0.1) is 0 Å². The quantitative estimate of drug-likeness (QED) is 0.710. The molecule has 1 aromatic carbocycles. The fraction of sp³-hybridized carbons (Fsp3) is 0.308. The number of benzene rings is 1. The van der Waals surface area contributed by atoms with E-state index in [0.717, 1.165) is 25.0 Å². The van der Waals surface area contributed by atoms with Crippen LogP contribution in [0.15, 0.2) is 36.5 Å². The smallest absolute Gasteiger partial charge is 0.0813 e. The van der Waals surface area contributed by atoms with Crippen LogP contribution in [0.2, 0.25) is 0 Å². The lowest BCUT2D eigenvalue weighted by atomic mass is 10.0.